The van der Waals surface area contributed by atoms with Crippen molar-refractivity contribution < 1.29 is 8.78 Å². The number of hydrogen-bond acceptors (Lipinski definition) is 1. The van der Waals surface area contributed by atoms with Gasteiger partial charge in [0.2, 0.25) is 0 Å². The molecule has 0 aromatic heterocycles. The zero-order chi connectivity index (χ0) is 16.3. The topological polar surface area (TPSA) is 24.1 Å². The predicted octanol–water partition coefficient (Wildman–Crippen LogP) is 4.63. The highest BCUT2D eigenvalue weighted by atomic mass is 32.1. The number of hydrogen-bond donors (Lipinski definition) is 2. The highest BCUT2D eigenvalue weighted by molar-refractivity contribution is 7.80. The van der Waals surface area contributed by atoms with Gasteiger partial charge in [-0.25, -0.2) is 8.78 Å². The molecule has 0 bridgehead atoms. The first kappa shape index (κ1) is 16.4. The third-order valence-electron chi connectivity index (χ3n) is 3.56. The highest BCUT2D eigenvalue weighted by Crippen LogP contribution is 2.17. The molecule has 1 atom stereocenters. The van der Waals surface area contributed by atoms with Crippen molar-refractivity contribution in [3.8, 4) is 0 Å². The molecule has 0 unspecified atom stereocenters. The summed E-state index contributed by atoms with van der Waals surface area (Å²) in [6.07, 6.45) is 0. The zero-order valence-electron chi connectivity index (χ0n) is 12.7. The smallest absolute Gasteiger partial charge is 0.171 e. The van der Waals surface area contributed by atoms with Gasteiger partial charge < -0.3 is 10.6 Å². The van der Waals surface area contributed by atoms with Crippen LogP contribution in [0.1, 0.15) is 29.7 Å². The van der Waals surface area contributed by atoms with E-state index in [9.17, 15) is 8.78 Å². The van der Waals surface area contributed by atoms with Gasteiger partial charge in [0.25, 0.3) is 0 Å². The summed E-state index contributed by atoms with van der Waals surface area (Å²) in [5.41, 5.74) is 3.96. The number of benzene rings is 2. The Hall–Kier alpha value is -2.01. The van der Waals surface area contributed by atoms with Crippen LogP contribution in [0.3, 0.4) is 0 Å². The fourth-order valence-corrected chi connectivity index (χ4v) is 2.35. The lowest BCUT2D eigenvalue weighted by atomic mass is 10.0. The van der Waals surface area contributed by atoms with Crippen molar-refractivity contribution in [3.05, 3.63) is 64.7 Å². The first-order chi connectivity index (χ1) is 10.4. The van der Waals surface area contributed by atoms with E-state index in [2.05, 4.69) is 36.6 Å². The van der Waals surface area contributed by atoms with Crippen molar-refractivity contribution in [3.63, 3.8) is 0 Å². The van der Waals surface area contributed by atoms with Crippen LogP contribution in [0.2, 0.25) is 0 Å². The molecule has 2 N–H and O–H groups in total. The lowest BCUT2D eigenvalue weighted by molar-refractivity contribution is 0.509. The summed E-state index contributed by atoms with van der Waals surface area (Å²) in [4.78, 5) is 0. The van der Waals surface area contributed by atoms with Gasteiger partial charge in [0.05, 0.1) is 6.04 Å². The average Bonchev–Trinajstić information content (AvgIpc) is 2.45. The van der Waals surface area contributed by atoms with E-state index in [0.717, 1.165) is 17.7 Å². The number of anilines is 1. The van der Waals surface area contributed by atoms with E-state index in [1.165, 1.54) is 17.2 Å². The predicted molar refractivity (Wildman–Crippen MR) is 90.0 cm³/mol. The van der Waals surface area contributed by atoms with Crippen LogP contribution >= 0.6 is 12.2 Å². The monoisotopic (exact) mass is 320 g/mol. The van der Waals surface area contributed by atoms with Crippen LogP contribution in [0.25, 0.3) is 0 Å². The molecule has 0 fully saturated rings. The molecule has 2 aromatic rings. The highest BCUT2D eigenvalue weighted by Gasteiger charge is 2.09. The zero-order valence-corrected chi connectivity index (χ0v) is 13.5. The minimum Gasteiger partial charge on any atom is -0.356 e. The summed E-state index contributed by atoms with van der Waals surface area (Å²) in [5.74, 6) is -1.79. The molecule has 0 spiro atoms. The average molecular weight is 320 g/mol. The maximum atomic E-state index is 13.2. The number of nitrogens with one attached hydrogen (secondary N) is 2. The van der Waals surface area contributed by atoms with E-state index < -0.39 is 11.6 Å². The molecule has 2 rings (SSSR count). The van der Waals surface area contributed by atoms with Crippen LogP contribution in [-0.4, -0.2) is 5.11 Å². The fraction of sp³-hybridized carbons (Fsp3) is 0.235. The Morgan fingerprint density at radius 3 is 2.36 bits per heavy atom. The molecular formula is C17H18F2N2S. The summed E-state index contributed by atoms with van der Waals surface area (Å²) in [6.45, 7) is 6.11. The van der Waals surface area contributed by atoms with Gasteiger partial charge in [-0.2, -0.15) is 0 Å². The van der Waals surface area contributed by atoms with Crippen LogP contribution in [0.4, 0.5) is 14.5 Å². The molecule has 0 aliphatic carbocycles. The number of aryl methyl sites for hydroxylation is 2. The first-order valence-corrected chi connectivity index (χ1v) is 7.37. The van der Waals surface area contributed by atoms with E-state index in [4.69, 9.17) is 12.2 Å². The molecule has 0 radical (unpaired) electrons. The summed E-state index contributed by atoms with van der Waals surface area (Å²) in [7, 11) is 0. The number of thiocarbonyl (C=S) groups is 1. The SMILES string of the molecule is Cc1ccc([C@@H](C)NC(=S)Nc2ccc(F)c(F)c2)cc1C. The lowest BCUT2D eigenvalue weighted by Gasteiger charge is -2.18. The van der Waals surface area contributed by atoms with Crippen molar-refractivity contribution in [2.45, 2.75) is 26.8 Å². The Morgan fingerprint density at radius 2 is 1.73 bits per heavy atom. The van der Waals surface area contributed by atoms with Crippen molar-refractivity contribution in [2.24, 2.45) is 0 Å². The third-order valence-corrected chi connectivity index (χ3v) is 3.78. The Kier molecular flexibility index (Phi) is 5.08. The summed E-state index contributed by atoms with van der Waals surface area (Å²) >= 11 is 5.21. The molecule has 0 aliphatic heterocycles. The Labute approximate surface area is 134 Å². The lowest BCUT2D eigenvalue weighted by Crippen LogP contribution is -2.31. The maximum Gasteiger partial charge on any atom is 0.171 e. The number of rotatable bonds is 3. The van der Waals surface area contributed by atoms with Crippen LogP contribution < -0.4 is 10.6 Å². The molecule has 0 saturated carbocycles. The summed E-state index contributed by atoms with van der Waals surface area (Å²) in [6, 6.07) is 9.79. The Balaban J connectivity index is 2.01. The second-order valence-corrected chi connectivity index (χ2v) is 5.70. The molecule has 0 saturated heterocycles. The fourth-order valence-electron chi connectivity index (χ4n) is 2.05. The molecule has 2 aromatic carbocycles. The largest absolute Gasteiger partial charge is 0.356 e. The van der Waals surface area contributed by atoms with Gasteiger partial charge in [0.15, 0.2) is 16.7 Å². The van der Waals surface area contributed by atoms with Gasteiger partial charge in [-0.05, 0) is 61.8 Å². The van der Waals surface area contributed by atoms with E-state index in [-0.39, 0.29) is 6.04 Å². The minimum absolute atomic E-state index is 0.00425. The van der Waals surface area contributed by atoms with Gasteiger partial charge in [-0.15, -0.1) is 0 Å². The number of halogens is 2. The normalized spacial score (nSPS) is 11.9. The van der Waals surface area contributed by atoms with Crippen molar-refractivity contribution >= 4 is 23.0 Å². The van der Waals surface area contributed by atoms with Gasteiger partial charge in [-0.1, -0.05) is 18.2 Å². The summed E-state index contributed by atoms with van der Waals surface area (Å²) < 4.78 is 26.0. The van der Waals surface area contributed by atoms with E-state index in [0.29, 0.717) is 10.8 Å². The van der Waals surface area contributed by atoms with Gasteiger partial charge >= 0.3 is 0 Å². The van der Waals surface area contributed by atoms with Crippen molar-refractivity contribution in [2.75, 3.05) is 5.32 Å². The van der Waals surface area contributed by atoms with E-state index >= 15 is 0 Å². The molecular weight excluding hydrogens is 302 g/mol. The van der Waals surface area contributed by atoms with Gasteiger partial charge in [-0.3, -0.25) is 0 Å². The molecule has 116 valence electrons. The standard InChI is InChI=1S/C17H18F2N2S/c1-10-4-5-13(8-11(10)2)12(3)20-17(22)21-14-6-7-15(18)16(19)9-14/h4-9,12H,1-3H3,(H2,20,21,22)/t12-/m1/s1. The second-order valence-electron chi connectivity index (χ2n) is 5.29. The first-order valence-electron chi connectivity index (χ1n) is 6.96. The molecule has 5 heteroatoms. The Morgan fingerprint density at radius 1 is 1.00 bits per heavy atom. The van der Waals surface area contributed by atoms with Crippen LogP contribution in [0, 0.1) is 25.5 Å². The van der Waals surface area contributed by atoms with E-state index in [1.54, 1.807) is 0 Å². The maximum absolute atomic E-state index is 13.2. The molecule has 2 nitrogen and oxygen atoms in total. The van der Waals surface area contributed by atoms with Crippen molar-refractivity contribution in [1.29, 1.82) is 0 Å². The second kappa shape index (κ2) is 6.83. The minimum atomic E-state index is -0.907. The van der Waals surface area contributed by atoms with Crippen LogP contribution in [0.5, 0.6) is 0 Å². The van der Waals surface area contributed by atoms with Crippen LogP contribution in [0.15, 0.2) is 36.4 Å². The van der Waals surface area contributed by atoms with Crippen molar-refractivity contribution in [1.82, 2.24) is 5.32 Å². The molecule has 0 amide bonds. The Bertz CT molecular complexity index is 701. The molecule has 0 aliphatic rings. The van der Waals surface area contributed by atoms with Crippen LogP contribution in [-0.2, 0) is 0 Å². The van der Waals surface area contributed by atoms with Gasteiger partial charge in [0.1, 0.15) is 0 Å². The summed E-state index contributed by atoms with van der Waals surface area (Å²) in [5, 5.41) is 6.34. The van der Waals surface area contributed by atoms with E-state index in [1.807, 2.05) is 13.0 Å². The third kappa shape index (κ3) is 4.01. The molecule has 22 heavy (non-hydrogen) atoms. The van der Waals surface area contributed by atoms with Gasteiger partial charge in [0, 0.05) is 11.8 Å². The molecule has 0 heterocycles. The quantitative estimate of drug-likeness (QED) is 0.806.